The lowest BCUT2D eigenvalue weighted by molar-refractivity contribution is -0.119. The number of thiazole rings is 1. The summed E-state index contributed by atoms with van der Waals surface area (Å²) in [7, 11) is 10.0. The number of benzene rings is 1. The van der Waals surface area contributed by atoms with E-state index >= 15 is 0 Å². The van der Waals surface area contributed by atoms with E-state index in [-0.39, 0.29) is 36.0 Å². The van der Waals surface area contributed by atoms with Gasteiger partial charge in [0.2, 0.25) is 5.91 Å². The van der Waals surface area contributed by atoms with E-state index in [1.807, 2.05) is 19.0 Å². The fraction of sp³-hybridized carbons (Fsp3) is 0.435. The molecule has 0 aliphatic heterocycles. The third kappa shape index (κ3) is 5.20. The highest BCUT2D eigenvalue weighted by atomic mass is 35.5. The highest BCUT2D eigenvalue weighted by Gasteiger charge is 2.24. The van der Waals surface area contributed by atoms with Crippen molar-refractivity contribution in [1.29, 1.82) is 0 Å². The molecule has 3 heterocycles. The number of imidazole rings is 1. The van der Waals surface area contributed by atoms with Crippen LogP contribution in [-0.2, 0) is 25.4 Å². The summed E-state index contributed by atoms with van der Waals surface area (Å²) in [5, 5.41) is 0.501. The lowest BCUT2D eigenvalue weighted by Gasteiger charge is -2.21. The van der Waals surface area contributed by atoms with Gasteiger partial charge in [0.25, 0.3) is 5.56 Å². The third-order valence-electron chi connectivity index (χ3n) is 5.94. The molecule has 3 aromatic heterocycles. The zero-order chi connectivity index (χ0) is 26.1. The molecular formula is C23H30ClN7O5S. The van der Waals surface area contributed by atoms with Gasteiger partial charge in [-0.15, -0.1) is 12.4 Å². The maximum absolute atomic E-state index is 13.7. The van der Waals surface area contributed by atoms with Crippen LogP contribution in [0.4, 0.5) is 5.13 Å². The number of hydrogen-bond acceptors (Lipinski definition) is 9. The van der Waals surface area contributed by atoms with Crippen molar-refractivity contribution >= 4 is 56.2 Å². The number of halogens is 1. The number of fused-ring (bicyclic) bond motifs is 2. The Morgan fingerprint density at radius 1 is 1.05 bits per heavy atom. The first-order chi connectivity index (χ1) is 17.2. The Morgan fingerprint density at radius 3 is 2.38 bits per heavy atom. The zero-order valence-electron chi connectivity index (χ0n) is 21.5. The number of carbonyl (C=O) groups is 1. The Labute approximate surface area is 223 Å². The standard InChI is InChI=1S/C23H29N7O5S.ClH/c1-26(2)10-7-11-30(22-25-17-14(34-5)8-9-15(35-6)19(17)36-22)16(31)12-29-13-24-20-18(29)21(32)28(4)23(33)27(20)3;/h8-9,13H,7,10-12H2,1-6H3;1H. The molecule has 0 spiro atoms. The van der Waals surface area contributed by atoms with E-state index < -0.39 is 11.2 Å². The minimum atomic E-state index is -0.507. The van der Waals surface area contributed by atoms with E-state index in [9.17, 15) is 14.4 Å². The summed E-state index contributed by atoms with van der Waals surface area (Å²) in [6.45, 7) is 1.05. The van der Waals surface area contributed by atoms with Crippen LogP contribution in [0.3, 0.4) is 0 Å². The molecule has 0 radical (unpaired) electrons. The van der Waals surface area contributed by atoms with Gasteiger partial charge in [0.05, 0.1) is 20.5 Å². The molecular weight excluding hydrogens is 522 g/mol. The fourth-order valence-corrected chi connectivity index (χ4v) is 5.13. The molecule has 0 unspecified atom stereocenters. The fourth-order valence-electron chi connectivity index (χ4n) is 4.01. The summed E-state index contributed by atoms with van der Waals surface area (Å²) in [5.41, 5.74) is 0.0383. The minimum Gasteiger partial charge on any atom is -0.495 e. The van der Waals surface area contributed by atoms with E-state index in [1.165, 1.54) is 33.8 Å². The van der Waals surface area contributed by atoms with Gasteiger partial charge in [-0.2, -0.15) is 0 Å². The van der Waals surface area contributed by atoms with Gasteiger partial charge in [0, 0.05) is 20.6 Å². The number of methoxy groups -OCH3 is 2. The van der Waals surface area contributed by atoms with Gasteiger partial charge in [0.1, 0.15) is 28.3 Å². The van der Waals surface area contributed by atoms with E-state index in [0.717, 1.165) is 15.8 Å². The Kier molecular flexibility index (Phi) is 8.61. The van der Waals surface area contributed by atoms with Crippen LogP contribution in [0.15, 0.2) is 28.0 Å². The van der Waals surface area contributed by atoms with Crippen molar-refractivity contribution in [2.24, 2.45) is 14.1 Å². The average molecular weight is 552 g/mol. The first kappa shape index (κ1) is 28.2. The summed E-state index contributed by atoms with van der Waals surface area (Å²) in [6, 6.07) is 3.58. The van der Waals surface area contributed by atoms with Crippen molar-refractivity contribution in [3.05, 3.63) is 39.3 Å². The highest BCUT2D eigenvalue weighted by Crippen LogP contribution is 2.40. The summed E-state index contributed by atoms with van der Waals surface area (Å²) in [6.07, 6.45) is 2.12. The Bertz CT molecular complexity index is 1510. The van der Waals surface area contributed by atoms with Crippen molar-refractivity contribution in [1.82, 2.24) is 28.6 Å². The number of amides is 1. The second-order valence-corrected chi connectivity index (χ2v) is 9.57. The van der Waals surface area contributed by atoms with Gasteiger partial charge in [-0.05, 0) is 39.2 Å². The van der Waals surface area contributed by atoms with Crippen LogP contribution in [0.25, 0.3) is 21.4 Å². The first-order valence-electron chi connectivity index (χ1n) is 11.2. The van der Waals surface area contributed by atoms with Crippen LogP contribution in [0.2, 0.25) is 0 Å². The van der Waals surface area contributed by atoms with Crippen molar-refractivity contribution in [3.8, 4) is 11.5 Å². The number of ether oxygens (including phenoxy) is 2. The molecule has 12 nitrogen and oxygen atoms in total. The van der Waals surface area contributed by atoms with Gasteiger partial charge >= 0.3 is 5.69 Å². The van der Waals surface area contributed by atoms with Gasteiger partial charge in [0.15, 0.2) is 16.3 Å². The molecule has 4 rings (SSSR count). The van der Waals surface area contributed by atoms with Crippen LogP contribution in [0, 0.1) is 0 Å². The molecule has 0 saturated carbocycles. The maximum atomic E-state index is 13.7. The summed E-state index contributed by atoms with van der Waals surface area (Å²) >= 11 is 1.34. The maximum Gasteiger partial charge on any atom is 0.332 e. The number of aryl methyl sites for hydroxylation is 1. The van der Waals surface area contributed by atoms with E-state index in [0.29, 0.717) is 35.1 Å². The predicted octanol–water partition coefficient (Wildman–Crippen LogP) is 1.47. The molecule has 0 aliphatic carbocycles. The van der Waals surface area contributed by atoms with E-state index in [4.69, 9.17) is 14.5 Å². The molecule has 4 aromatic rings. The monoisotopic (exact) mass is 551 g/mol. The number of carbonyl (C=O) groups excluding carboxylic acids is 1. The largest absolute Gasteiger partial charge is 0.495 e. The second kappa shape index (κ2) is 11.3. The smallest absolute Gasteiger partial charge is 0.332 e. The molecule has 0 atom stereocenters. The molecule has 0 saturated heterocycles. The Balaban J connectivity index is 0.00000380. The van der Waals surface area contributed by atoms with Crippen LogP contribution >= 0.6 is 23.7 Å². The Hall–Kier alpha value is -3.42. The van der Waals surface area contributed by atoms with Crippen LogP contribution in [-0.4, -0.2) is 75.9 Å². The number of aromatic nitrogens is 5. The molecule has 1 aromatic carbocycles. The van der Waals surface area contributed by atoms with Crippen LogP contribution in [0.5, 0.6) is 11.5 Å². The van der Waals surface area contributed by atoms with Gasteiger partial charge in [-0.25, -0.2) is 14.8 Å². The SMILES string of the molecule is COc1ccc(OC)c2sc(N(CCCN(C)C)C(=O)Cn3cnc4c3c(=O)n(C)c(=O)n4C)nc12.Cl. The van der Waals surface area contributed by atoms with Crippen molar-refractivity contribution in [2.45, 2.75) is 13.0 Å². The topological polar surface area (TPSA) is 117 Å². The third-order valence-corrected chi connectivity index (χ3v) is 7.03. The average Bonchev–Trinajstić information content (AvgIpc) is 3.48. The quantitative estimate of drug-likeness (QED) is 0.307. The summed E-state index contributed by atoms with van der Waals surface area (Å²) in [5.74, 6) is 0.959. The zero-order valence-corrected chi connectivity index (χ0v) is 23.2. The Morgan fingerprint density at radius 2 is 1.73 bits per heavy atom. The van der Waals surface area contributed by atoms with E-state index in [2.05, 4.69) is 4.98 Å². The summed E-state index contributed by atoms with van der Waals surface area (Å²) < 4.78 is 15.5. The minimum absolute atomic E-state index is 0. The van der Waals surface area contributed by atoms with Crippen LogP contribution < -0.4 is 25.6 Å². The first-order valence-corrected chi connectivity index (χ1v) is 12.1. The molecule has 0 bridgehead atoms. The van der Waals surface area contributed by atoms with Gasteiger partial charge in [-0.1, -0.05) is 11.3 Å². The molecule has 0 N–H and O–H groups in total. The number of rotatable bonds is 9. The molecule has 0 fully saturated rings. The second-order valence-electron chi connectivity index (χ2n) is 8.60. The highest BCUT2D eigenvalue weighted by molar-refractivity contribution is 7.22. The van der Waals surface area contributed by atoms with Crippen LogP contribution in [0.1, 0.15) is 6.42 Å². The molecule has 1 amide bonds. The normalized spacial score (nSPS) is 11.2. The molecule has 14 heteroatoms. The van der Waals surface area contributed by atoms with Gasteiger partial charge in [-0.3, -0.25) is 23.6 Å². The predicted molar refractivity (Wildman–Crippen MR) is 146 cm³/mol. The molecule has 37 heavy (non-hydrogen) atoms. The van der Waals surface area contributed by atoms with Crippen molar-refractivity contribution < 1.29 is 14.3 Å². The van der Waals surface area contributed by atoms with Crippen molar-refractivity contribution in [2.75, 3.05) is 46.3 Å². The number of hydrogen-bond donors (Lipinski definition) is 0. The lowest BCUT2D eigenvalue weighted by atomic mass is 10.3. The number of anilines is 1. The summed E-state index contributed by atoms with van der Waals surface area (Å²) in [4.78, 5) is 51.4. The van der Waals surface area contributed by atoms with Gasteiger partial charge < -0.3 is 18.9 Å². The lowest BCUT2D eigenvalue weighted by Crippen LogP contribution is -2.39. The molecule has 0 aliphatic rings. The van der Waals surface area contributed by atoms with E-state index in [1.54, 1.807) is 38.3 Å². The number of nitrogens with zero attached hydrogens (tertiary/aromatic N) is 7. The molecule has 200 valence electrons. The van der Waals surface area contributed by atoms with Crippen molar-refractivity contribution in [3.63, 3.8) is 0 Å².